The second-order valence-corrected chi connectivity index (χ2v) is 6.88. The van der Waals surface area contributed by atoms with E-state index < -0.39 is 0 Å². The third kappa shape index (κ3) is 4.78. The topological polar surface area (TPSA) is 76.1 Å². The summed E-state index contributed by atoms with van der Waals surface area (Å²) in [6.07, 6.45) is 1.53. The van der Waals surface area contributed by atoms with Gasteiger partial charge in [-0.25, -0.2) is 9.97 Å². The van der Waals surface area contributed by atoms with E-state index in [9.17, 15) is 4.79 Å². The van der Waals surface area contributed by atoms with Gasteiger partial charge in [0, 0.05) is 17.6 Å². The van der Waals surface area contributed by atoms with E-state index in [4.69, 9.17) is 16.3 Å². The van der Waals surface area contributed by atoms with E-state index in [1.807, 2.05) is 24.3 Å². The predicted molar refractivity (Wildman–Crippen MR) is 112 cm³/mol. The molecule has 144 valence electrons. The van der Waals surface area contributed by atoms with Gasteiger partial charge in [-0.15, -0.1) is 0 Å². The Morgan fingerprint density at radius 3 is 2.43 bits per heavy atom. The molecule has 0 unspecified atom stereocenters. The molecule has 0 aliphatic carbocycles. The fraction of sp³-hybridized carbons (Fsp3) is 0.190. The minimum atomic E-state index is -0.310. The summed E-state index contributed by atoms with van der Waals surface area (Å²) < 4.78 is 5.13. The maximum atomic E-state index is 12.5. The number of hydrogen-bond acceptors (Lipinski definition) is 5. The number of methoxy groups -OCH3 is 1. The van der Waals surface area contributed by atoms with Crippen LogP contribution in [0.5, 0.6) is 5.75 Å². The van der Waals surface area contributed by atoms with Gasteiger partial charge in [-0.1, -0.05) is 37.6 Å². The Bertz CT molecular complexity index is 974. The molecule has 0 atom stereocenters. The molecular formula is C21H21ClN4O2. The first kappa shape index (κ1) is 19.6. The maximum Gasteiger partial charge on any atom is 0.274 e. The summed E-state index contributed by atoms with van der Waals surface area (Å²) in [5, 5.41) is 6.34. The maximum absolute atomic E-state index is 12.5. The van der Waals surface area contributed by atoms with Gasteiger partial charge in [0.2, 0.25) is 5.95 Å². The van der Waals surface area contributed by atoms with Crippen LogP contribution in [-0.2, 0) is 0 Å². The van der Waals surface area contributed by atoms with E-state index in [0.29, 0.717) is 34.0 Å². The molecule has 2 N–H and O–H groups in total. The van der Waals surface area contributed by atoms with E-state index in [0.717, 1.165) is 0 Å². The Balaban J connectivity index is 1.71. The van der Waals surface area contributed by atoms with Crippen LogP contribution in [0.1, 0.15) is 35.8 Å². The summed E-state index contributed by atoms with van der Waals surface area (Å²) in [5.74, 6) is 0.996. The van der Waals surface area contributed by atoms with E-state index in [1.165, 1.54) is 11.8 Å². The molecular weight excluding hydrogens is 376 g/mol. The van der Waals surface area contributed by atoms with Crippen molar-refractivity contribution < 1.29 is 9.53 Å². The zero-order valence-electron chi connectivity index (χ0n) is 15.9. The molecule has 3 rings (SSSR count). The normalized spacial score (nSPS) is 10.6. The Labute approximate surface area is 168 Å². The molecule has 0 saturated carbocycles. The standard InChI is InChI=1S/C21H21ClN4O2/c1-13(2)14-4-6-15(7-5-14)24-20(27)18-10-11-23-21(26-18)25-16-8-9-19(28-3)17(22)12-16/h4-13H,1-3H3,(H,24,27)(H,23,25,26). The van der Waals surface area contributed by atoms with Crippen LogP contribution in [0, 0.1) is 0 Å². The number of carbonyl (C=O) groups excluding carboxylic acids is 1. The molecule has 6 nitrogen and oxygen atoms in total. The molecule has 3 aromatic rings. The van der Waals surface area contributed by atoms with Gasteiger partial charge in [-0.05, 0) is 47.9 Å². The molecule has 0 saturated heterocycles. The number of amides is 1. The van der Waals surface area contributed by atoms with Crippen LogP contribution in [0.25, 0.3) is 0 Å². The average Bonchev–Trinajstić information content (AvgIpc) is 2.69. The monoisotopic (exact) mass is 396 g/mol. The molecule has 1 aromatic heterocycles. The first-order valence-corrected chi connectivity index (χ1v) is 9.19. The second-order valence-electron chi connectivity index (χ2n) is 6.47. The quantitative estimate of drug-likeness (QED) is 0.594. The van der Waals surface area contributed by atoms with Crippen LogP contribution in [0.4, 0.5) is 17.3 Å². The second kappa shape index (κ2) is 8.71. The Morgan fingerprint density at radius 2 is 1.79 bits per heavy atom. The molecule has 7 heteroatoms. The third-order valence-electron chi connectivity index (χ3n) is 4.13. The van der Waals surface area contributed by atoms with Crippen molar-refractivity contribution in [2.75, 3.05) is 17.7 Å². The number of ether oxygens (including phenoxy) is 1. The summed E-state index contributed by atoms with van der Waals surface area (Å²) in [7, 11) is 1.55. The molecule has 0 aliphatic heterocycles. The number of aromatic nitrogens is 2. The van der Waals surface area contributed by atoms with Crippen molar-refractivity contribution >= 4 is 34.8 Å². The zero-order chi connectivity index (χ0) is 20.1. The van der Waals surface area contributed by atoms with Crippen molar-refractivity contribution in [1.82, 2.24) is 9.97 Å². The average molecular weight is 397 g/mol. The Hall–Kier alpha value is -3.12. The number of rotatable bonds is 6. The number of nitrogens with one attached hydrogen (secondary N) is 2. The number of hydrogen-bond donors (Lipinski definition) is 2. The highest BCUT2D eigenvalue weighted by atomic mass is 35.5. The number of anilines is 3. The highest BCUT2D eigenvalue weighted by Gasteiger charge is 2.10. The summed E-state index contributed by atoms with van der Waals surface area (Å²) in [4.78, 5) is 20.9. The lowest BCUT2D eigenvalue weighted by atomic mass is 10.0. The molecule has 0 radical (unpaired) electrons. The molecule has 1 heterocycles. The molecule has 0 fully saturated rings. The predicted octanol–water partition coefficient (Wildman–Crippen LogP) is 5.26. The van der Waals surface area contributed by atoms with E-state index in [2.05, 4.69) is 34.4 Å². The van der Waals surface area contributed by atoms with E-state index >= 15 is 0 Å². The molecule has 2 aromatic carbocycles. The lowest BCUT2D eigenvalue weighted by molar-refractivity contribution is 0.102. The van der Waals surface area contributed by atoms with Crippen molar-refractivity contribution in [3.63, 3.8) is 0 Å². The van der Waals surface area contributed by atoms with Gasteiger partial charge in [-0.3, -0.25) is 4.79 Å². The molecule has 28 heavy (non-hydrogen) atoms. The fourth-order valence-corrected chi connectivity index (χ4v) is 2.82. The summed E-state index contributed by atoms with van der Waals surface area (Å²) in [5.41, 5.74) is 2.87. The van der Waals surface area contributed by atoms with Crippen molar-refractivity contribution in [1.29, 1.82) is 0 Å². The minimum Gasteiger partial charge on any atom is -0.495 e. The molecule has 1 amide bonds. The smallest absolute Gasteiger partial charge is 0.274 e. The number of halogens is 1. The van der Waals surface area contributed by atoms with Crippen molar-refractivity contribution in [3.05, 3.63) is 71.0 Å². The Morgan fingerprint density at radius 1 is 1.07 bits per heavy atom. The van der Waals surface area contributed by atoms with Gasteiger partial charge in [0.15, 0.2) is 0 Å². The van der Waals surface area contributed by atoms with Gasteiger partial charge in [0.05, 0.1) is 12.1 Å². The zero-order valence-corrected chi connectivity index (χ0v) is 16.6. The number of benzene rings is 2. The van der Waals surface area contributed by atoms with Crippen LogP contribution in [0.2, 0.25) is 5.02 Å². The van der Waals surface area contributed by atoms with Crippen LogP contribution in [-0.4, -0.2) is 23.0 Å². The van der Waals surface area contributed by atoms with Gasteiger partial charge >= 0.3 is 0 Å². The third-order valence-corrected chi connectivity index (χ3v) is 4.43. The lowest BCUT2D eigenvalue weighted by Crippen LogP contribution is -2.14. The highest BCUT2D eigenvalue weighted by Crippen LogP contribution is 2.28. The summed E-state index contributed by atoms with van der Waals surface area (Å²) >= 11 is 6.13. The SMILES string of the molecule is COc1ccc(Nc2nccc(C(=O)Nc3ccc(C(C)C)cc3)n2)cc1Cl. The number of nitrogens with zero attached hydrogens (tertiary/aromatic N) is 2. The molecule has 0 bridgehead atoms. The molecule has 0 spiro atoms. The van der Waals surface area contributed by atoms with Crippen LogP contribution >= 0.6 is 11.6 Å². The van der Waals surface area contributed by atoms with E-state index in [1.54, 1.807) is 31.4 Å². The van der Waals surface area contributed by atoms with Crippen molar-refractivity contribution in [3.8, 4) is 5.75 Å². The Kier molecular flexibility index (Phi) is 6.11. The fourth-order valence-electron chi connectivity index (χ4n) is 2.57. The minimum absolute atomic E-state index is 0.255. The largest absolute Gasteiger partial charge is 0.495 e. The summed E-state index contributed by atoms with van der Waals surface area (Å²) in [6.45, 7) is 4.25. The van der Waals surface area contributed by atoms with Gasteiger partial charge in [0.1, 0.15) is 11.4 Å². The number of carbonyl (C=O) groups is 1. The first-order chi connectivity index (χ1) is 13.5. The van der Waals surface area contributed by atoms with Crippen molar-refractivity contribution in [2.45, 2.75) is 19.8 Å². The van der Waals surface area contributed by atoms with Gasteiger partial charge in [-0.2, -0.15) is 0 Å². The van der Waals surface area contributed by atoms with Gasteiger partial charge < -0.3 is 15.4 Å². The van der Waals surface area contributed by atoms with Crippen LogP contribution in [0.15, 0.2) is 54.7 Å². The van der Waals surface area contributed by atoms with Crippen LogP contribution < -0.4 is 15.4 Å². The summed E-state index contributed by atoms with van der Waals surface area (Å²) in [6, 6.07) is 14.6. The van der Waals surface area contributed by atoms with Crippen molar-refractivity contribution in [2.24, 2.45) is 0 Å². The molecule has 0 aliphatic rings. The lowest BCUT2D eigenvalue weighted by Gasteiger charge is -2.10. The van der Waals surface area contributed by atoms with Crippen LogP contribution in [0.3, 0.4) is 0 Å². The first-order valence-electron chi connectivity index (χ1n) is 8.81. The highest BCUT2D eigenvalue weighted by molar-refractivity contribution is 6.32. The van der Waals surface area contributed by atoms with Gasteiger partial charge in [0.25, 0.3) is 5.91 Å². The van der Waals surface area contributed by atoms with E-state index in [-0.39, 0.29) is 11.6 Å².